The number of rotatable bonds is 2. The third kappa shape index (κ3) is 1.99. The van der Waals surface area contributed by atoms with Crippen molar-refractivity contribution in [2.75, 3.05) is 27.2 Å². The maximum absolute atomic E-state index is 5.75. The Hall–Kier alpha value is -0.0800. The van der Waals surface area contributed by atoms with E-state index < -0.39 is 0 Å². The first-order chi connectivity index (χ1) is 5.60. The van der Waals surface area contributed by atoms with Gasteiger partial charge in [-0.05, 0) is 12.8 Å². The molecule has 0 amide bonds. The molecule has 0 aromatic carbocycles. The Morgan fingerprint density at radius 2 is 1.92 bits per heavy atom. The molecule has 1 saturated heterocycles. The number of hydrogen-bond donors (Lipinski definition) is 0. The fourth-order valence-corrected chi connectivity index (χ4v) is 2.03. The quantitative estimate of drug-likeness (QED) is 0.575. The highest BCUT2D eigenvalue weighted by Crippen LogP contribution is 2.20. The van der Waals surface area contributed by atoms with Crippen molar-refractivity contribution in [1.29, 1.82) is 0 Å². The topological polar surface area (TPSA) is 9.23 Å². The Morgan fingerprint density at radius 1 is 1.25 bits per heavy atom. The van der Waals surface area contributed by atoms with E-state index in [0.29, 0.717) is 12.1 Å². The molecular formula is C10H22NO+. The highest BCUT2D eigenvalue weighted by Gasteiger charge is 2.35. The number of likely N-dealkylation sites (N-methyl/N-ethyl adjacent to an activating group) is 1. The average Bonchev–Trinajstić information content (AvgIpc) is 2.02. The van der Waals surface area contributed by atoms with E-state index in [-0.39, 0.29) is 0 Å². The molecule has 1 rings (SSSR count). The summed E-state index contributed by atoms with van der Waals surface area (Å²) in [7, 11) is 4.64. The highest BCUT2D eigenvalue weighted by atomic mass is 16.5. The van der Waals surface area contributed by atoms with Gasteiger partial charge in [0.25, 0.3) is 0 Å². The summed E-state index contributed by atoms with van der Waals surface area (Å²) < 4.78 is 6.88. The molecule has 1 aliphatic rings. The lowest BCUT2D eigenvalue weighted by molar-refractivity contribution is -0.926. The van der Waals surface area contributed by atoms with Gasteiger partial charge < -0.3 is 9.22 Å². The first-order valence-corrected chi connectivity index (χ1v) is 5.04. The summed E-state index contributed by atoms with van der Waals surface area (Å²) in [4.78, 5) is 0. The van der Waals surface area contributed by atoms with Gasteiger partial charge in [0.1, 0.15) is 18.7 Å². The van der Waals surface area contributed by atoms with Gasteiger partial charge in [-0.15, -0.1) is 0 Å². The van der Waals surface area contributed by atoms with Crippen molar-refractivity contribution in [1.82, 2.24) is 0 Å². The van der Waals surface area contributed by atoms with Crippen LogP contribution in [0.2, 0.25) is 0 Å². The zero-order chi connectivity index (χ0) is 9.19. The molecule has 0 bridgehead atoms. The summed E-state index contributed by atoms with van der Waals surface area (Å²) in [6.45, 7) is 6.58. The molecule has 0 saturated carbocycles. The minimum atomic E-state index is 0.489. The molecule has 72 valence electrons. The first kappa shape index (κ1) is 10.0. The zero-order valence-corrected chi connectivity index (χ0v) is 8.84. The Labute approximate surface area is 76.1 Å². The molecule has 0 radical (unpaired) electrons. The smallest absolute Gasteiger partial charge is 0.112 e. The van der Waals surface area contributed by atoms with Gasteiger partial charge in [-0.25, -0.2) is 0 Å². The van der Waals surface area contributed by atoms with Gasteiger partial charge in [-0.2, -0.15) is 0 Å². The molecule has 12 heavy (non-hydrogen) atoms. The SMILES string of the molecule is CCC1C[N+](C)(C)C(CC)CO1. The lowest BCUT2D eigenvalue weighted by atomic mass is 10.1. The molecule has 0 aliphatic carbocycles. The van der Waals surface area contributed by atoms with Crippen molar-refractivity contribution >= 4 is 0 Å². The van der Waals surface area contributed by atoms with Gasteiger partial charge in [-0.3, -0.25) is 0 Å². The van der Waals surface area contributed by atoms with Crippen molar-refractivity contribution in [2.24, 2.45) is 0 Å². The minimum Gasteiger partial charge on any atom is -0.366 e. The molecule has 0 N–H and O–H groups in total. The fraction of sp³-hybridized carbons (Fsp3) is 1.00. The van der Waals surface area contributed by atoms with Crippen LogP contribution in [0.1, 0.15) is 26.7 Å². The van der Waals surface area contributed by atoms with Gasteiger partial charge in [-0.1, -0.05) is 13.8 Å². The van der Waals surface area contributed by atoms with E-state index in [1.165, 1.54) is 13.0 Å². The maximum Gasteiger partial charge on any atom is 0.112 e. The lowest BCUT2D eigenvalue weighted by Crippen LogP contribution is -2.58. The van der Waals surface area contributed by atoms with Crippen molar-refractivity contribution < 1.29 is 9.22 Å². The molecule has 1 heterocycles. The highest BCUT2D eigenvalue weighted by molar-refractivity contribution is 4.66. The maximum atomic E-state index is 5.75. The van der Waals surface area contributed by atoms with E-state index in [9.17, 15) is 0 Å². The van der Waals surface area contributed by atoms with E-state index in [0.717, 1.165) is 17.5 Å². The van der Waals surface area contributed by atoms with E-state index in [1.54, 1.807) is 0 Å². The van der Waals surface area contributed by atoms with Crippen LogP contribution in [0.5, 0.6) is 0 Å². The van der Waals surface area contributed by atoms with Crippen molar-refractivity contribution in [3.05, 3.63) is 0 Å². The standard InChI is InChI=1S/C10H22NO/c1-5-9-8-12-10(6-2)7-11(9,3)4/h9-10H,5-8H2,1-4H3/q+1. The molecular weight excluding hydrogens is 150 g/mol. The van der Waals surface area contributed by atoms with Crippen LogP contribution in [-0.4, -0.2) is 43.9 Å². The van der Waals surface area contributed by atoms with Gasteiger partial charge in [0.15, 0.2) is 0 Å². The van der Waals surface area contributed by atoms with Crippen molar-refractivity contribution in [3.63, 3.8) is 0 Å². The first-order valence-electron chi connectivity index (χ1n) is 5.04. The Balaban J connectivity index is 2.54. The number of nitrogens with zero attached hydrogens (tertiary/aromatic N) is 1. The number of quaternary nitrogens is 1. The van der Waals surface area contributed by atoms with Crippen LogP contribution in [0.4, 0.5) is 0 Å². The van der Waals surface area contributed by atoms with Crippen LogP contribution in [0, 0.1) is 0 Å². The lowest BCUT2D eigenvalue weighted by Gasteiger charge is -2.44. The summed E-state index contributed by atoms with van der Waals surface area (Å²) in [6.07, 6.45) is 2.87. The van der Waals surface area contributed by atoms with Gasteiger partial charge >= 0.3 is 0 Å². The van der Waals surface area contributed by atoms with Crippen LogP contribution in [0.25, 0.3) is 0 Å². The molecule has 1 aliphatic heterocycles. The van der Waals surface area contributed by atoms with Crippen LogP contribution < -0.4 is 0 Å². The Bertz CT molecular complexity index is 145. The normalized spacial score (nSPS) is 35.0. The zero-order valence-electron chi connectivity index (χ0n) is 8.84. The fourth-order valence-electron chi connectivity index (χ4n) is 2.03. The molecule has 1 fully saturated rings. The summed E-state index contributed by atoms with van der Waals surface area (Å²) in [6, 6.07) is 0.702. The predicted molar refractivity (Wildman–Crippen MR) is 51.1 cm³/mol. The molecule has 2 unspecified atom stereocenters. The summed E-state index contributed by atoms with van der Waals surface area (Å²) in [5.41, 5.74) is 0. The predicted octanol–water partition coefficient (Wildman–Crippen LogP) is 1.65. The molecule has 0 spiro atoms. The van der Waals surface area contributed by atoms with Gasteiger partial charge in [0.05, 0.1) is 20.7 Å². The summed E-state index contributed by atoms with van der Waals surface area (Å²) in [5, 5.41) is 0. The molecule has 2 heteroatoms. The number of hydrogen-bond acceptors (Lipinski definition) is 1. The molecule has 0 aromatic rings. The molecule has 2 atom stereocenters. The van der Waals surface area contributed by atoms with Gasteiger partial charge in [0, 0.05) is 0 Å². The monoisotopic (exact) mass is 172 g/mol. The van der Waals surface area contributed by atoms with Crippen LogP contribution in [-0.2, 0) is 4.74 Å². The second-order valence-electron chi connectivity index (χ2n) is 4.39. The van der Waals surface area contributed by atoms with Crippen molar-refractivity contribution in [2.45, 2.75) is 38.8 Å². The Kier molecular flexibility index (Phi) is 3.13. The second kappa shape index (κ2) is 3.75. The van der Waals surface area contributed by atoms with E-state index in [1.807, 2.05) is 0 Å². The van der Waals surface area contributed by atoms with E-state index in [4.69, 9.17) is 4.74 Å². The molecule has 2 nitrogen and oxygen atoms in total. The van der Waals surface area contributed by atoms with E-state index >= 15 is 0 Å². The largest absolute Gasteiger partial charge is 0.366 e. The van der Waals surface area contributed by atoms with Crippen molar-refractivity contribution in [3.8, 4) is 0 Å². The third-order valence-corrected chi connectivity index (χ3v) is 3.11. The van der Waals surface area contributed by atoms with E-state index in [2.05, 4.69) is 27.9 Å². The van der Waals surface area contributed by atoms with Crippen LogP contribution in [0.15, 0.2) is 0 Å². The summed E-state index contributed by atoms with van der Waals surface area (Å²) in [5.74, 6) is 0. The molecule has 0 aromatic heterocycles. The Morgan fingerprint density at radius 3 is 2.33 bits per heavy atom. The summed E-state index contributed by atoms with van der Waals surface area (Å²) >= 11 is 0. The van der Waals surface area contributed by atoms with Gasteiger partial charge in [0.2, 0.25) is 0 Å². The number of morpholine rings is 1. The number of ether oxygens (including phenoxy) is 1. The average molecular weight is 172 g/mol. The minimum absolute atomic E-state index is 0.489. The van der Waals surface area contributed by atoms with Crippen LogP contribution in [0.3, 0.4) is 0 Å². The second-order valence-corrected chi connectivity index (χ2v) is 4.39. The van der Waals surface area contributed by atoms with Crippen LogP contribution >= 0.6 is 0 Å². The third-order valence-electron chi connectivity index (χ3n) is 3.11.